The van der Waals surface area contributed by atoms with Gasteiger partial charge in [-0.1, -0.05) is 23.7 Å². The summed E-state index contributed by atoms with van der Waals surface area (Å²) in [4.78, 5) is 35.7. The number of nitro benzene ring substituents is 1. The highest BCUT2D eigenvalue weighted by atomic mass is 35.5. The highest BCUT2D eigenvalue weighted by Gasteiger charge is 2.24. The summed E-state index contributed by atoms with van der Waals surface area (Å²) in [6.45, 7) is 3.32. The molecule has 8 nitrogen and oxygen atoms in total. The van der Waals surface area contributed by atoms with Crippen molar-refractivity contribution in [2.24, 2.45) is 0 Å². The first-order valence-electron chi connectivity index (χ1n) is 9.52. The van der Waals surface area contributed by atoms with Gasteiger partial charge in [-0.2, -0.15) is 0 Å². The number of nitrogens with zero attached hydrogens (tertiary/aromatic N) is 1. The molecule has 0 aliphatic carbocycles. The minimum Gasteiger partial charge on any atom is -0.483 e. The summed E-state index contributed by atoms with van der Waals surface area (Å²) in [5, 5.41) is 16.3. The summed E-state index contributed by atoms with van der Waals surface area (Å²) in [6, 6.07) is 10.9. The molecule has 3 aromatic rings. The van der Waals surface area contributed by atoms with Crippen LogP contribution in [0.2, 0.25) is 5.02 Å². The largest absolute Gasteiger partial charge is 0.483 e. The third kappa shape index (κ3) is 5.43. The van der Waals surface area contributed by atoms with Gasteiger partial charge >= 0.3 is 5.97 Å². The van der Waals surface area contributed by atoms with E-state index in [1.165, 1.54) is 18.2 Å². The Kier molecular flexibility index (Phi) is 7.45. The Hall–Kier alpha value is -3.43. The minimum atomic E-state index is -0.639. The summed E-state index contributed by atoms with van der Waals surface area (Å²) in [6.07, 6.45) is 0. The van der Waals surface area contributed by atoms with Crippen LogP contribution in [0.1, 0.15) is 22.8 Å². The van der Waals surface area contributed by atoms with Crippen LogP contribution in [-0.2, 0) is 9.53 Å². The maximum atomic E-state index is 12.6. The van der Waals surface area contributed by atoms with E-state index in [1.807, 2.05) is 6.92 Å². The van der Waals surface area contributed by atoms with Gasteiger partial charge in [0.1, 0.15) is 16.3 Å². The van der Waals surface area contributed by atoms with Crippen molar-refractivity contribution in [2.75, 3.05) is 18.5 Å². The number of anilines is 1. The normalized spacial score (nSPS) is 10.5. The second-order valence-corrected chi connectivity index (χ2v) is 7.94. The molecule has 0 aliphatic rings. The van der Waals surface area contributed by atoms with Gasteiger partial charge in [-0.15, -0.1) is 11.3 Å². The number of carbonyl (C=O) groups excluding carboxylic acids is 2. The smallest absolute Gasteiger partial charge is 0.341 e. The average Bonchev–Trinajstić information content (AvgIpc) is 3.17. The quantitative estimate of drug-likeness (QED) is 0.263. The molecule has 32 heavy (non-hydrogen) atoms. The zero-order chi connectivity index (χ0) is 23.3. The van der Waals surface area contributed by atoms with Gasteiger partial charge in [-0.25, -0.2) is 4.79 Å². The number of halogens is 1. The number of benzene rings is 2. The SMILES string of the molecule is CCOC(=O)c1c(-c2cccc([N+](=O)[O-])c2)csc1NC(=O)COc1ccc(Cl)cc1C. The molecule has 0 saturated carbocycles. The van der Waals surface area contributed by atoms with Gasteiger partial charge in [-0.05, 0) is 43.2 Å². The third-order valence-electron chi connectivity index (χ3n) is 4.39. The number of nitro groups is 1. The number of amides is 1. The van der Waals surface area contributed by atoms with Gasteiger partial charge in [-0.3, -0.25) is 14.9 Å². The topological polar surface area (TPSA) is 108 Å². The van der Waals surface area contributed by atoms with Crippen molar-refractivity contribution in [1.29, 1.82) is 0 Å². The van der Waals surface area contributed by atoms with Gasteiger partial charge in [0.05, 0.1) is 11.5 Å². The standard InChI is InChI=1S/C22H19ClN2O6S/c1-3-30-22(27)20-17(14-5-4-6-16(10-14)25(28)29)12-32-21(20)24-19(26)11-31-18-8-7-15(23)9-13(18)2/h4-10,12H,3,11H2,1-2H3,(H,24,26). The first-order valence-corrected chi connectivity index (χ1v) is 10.8. The first-order chi connectivity index (χ1) is 15.3. The van der Waals surface area contributed by atoms with Gasteiger partial charge < -0.3 is 14.8 Å². The lowest BCUT2D eigenvalue weighted by Crippen LogP contribution is -2.21. The fourth-order valence-corrected chi connectivity index (χ4v) is 4.14. The molecule has 0 unspecified atom stereocenters. The number of thiophene rings is 1. The number of hydrogen-bond donors (Lipinski definition) is 1. The number of aryl methyl sites for hydroxylation is 1. The molecule has 0 bridgehead atoms. The van der Waals surface area contributed by atoms with E-state index in [0.29, 0.717) is 21.9 Å². The van der Waals surface area contributed by atoms with E-state index in [-0.39, 0.29) is 29.5 Å². The molecule has 166 valence electrons. The molecular weight excluding hydrogens is 456 g/mol. The van der Waals surface area contributed by atoms with Gasteiger partial charge in [0.25, 0.3) is 11.6 Å². The third-order valence-corrected chi connectivity index (χ3v) is 5.52. The molecule has 2 aromatic carbocycles. The van der Waals surface area contributed by atoms with E-state index < -0.39 is 16.8 Å². The van der Waals surface area contributed by atoms with Crippen molar-refractivity contribution < 1.29 is 24.0 Å². The van der Waals surface area contributed by atoms with Gasteiger partial charge in [0.2, 0.25) is 0 Å². The molecule has 3 rings (SSSR count). The van der Waals surface area contributed by atoms with Gasteiger partial charge in [0, 0.05) is 28.1 Å². The van der Waals surface area contributed by atoms with E-state index in [0.717, 1.165) is 16.9 Å². The van der Waals surface area contributed by atoms with Crippen LogP contribution in [0.15, 0.2) is 47.8 Å². The van der Waals surface area contributed by atoms with Crippen LogP contribution in [-0.4, -0.2) is 30.0 Å². The first kappa shape index (κ1) is 23.2. The molecule has 0 aliphatic heterocycles. The lowest BCUT2D eigenvalue weighted by atomic mass is 10.0. The average molecular weight is 475 g/mol. The van der Waals surface area contributed by atoms with Crippen molar-refractivity contribution >= 4 is 45.5 Å². The molecule has 1 amide bonds. The molecular formula is C22H19ClN2O6S. The minimum absolute atomic E-state index is 0.110. The summed E-state index contributed by atoms with van der Waals surface area (Å²) in [5.74, 6) is -0.601. The van der Waals surface area contributed by atoms with Crippen LogP contribution >= 0.6 is 22.9 Å². The zero-order valence-electron chi connectivity index (χ0n) is 17.2. The van der Waals surface area contributed by atoms with E-state index >= 15 is 0 Å². The van der Waals surface area contributed by atoms with Crippen LogP contribution in [0.25, 0.3) is 11.1 Å². The number of nitrogens with one attached hydrogen (secondary N) is 1. The lowest BCUT2D eigenvalue weighted by Gasteiger charge is -2.11. The summed E-state index contributed by atoms with van der Waals surface area (Å²) >= 11 is 7.04. The van der Waals surface area contributed by atoms with Crippen molar-refractivity contribution in [1.82, 2.24) is 0 Å². The molecule has 1 aromatic heterocycles. The molecule has 0 radical (unpaired) electrons. The Bertz CT molecular complexity index is 1180. The molecule has 0 spiro atoms. The van der Waals surface area contributed by atoms with E-state index in [9.17, 15) is 19.7 Å². The highest BCUT2D eigenvalue weighted by molar-refractivity contribution is 7.15. The molecule has 1 N–H and O–H groups in total. The molecule has 0 atom stereocenters. The fourth-order valence-electron chi connectivity index (χ4n) is 2.94. The Morgan fingerprint density at radius 3 is 2.69 bits per heavy atom. The number of esters is 1. The van der Waals surface area contributed by atoms with Gasteiger partial charge in [0.15, 0.2) is 6.61 Å². The van der Waals surface area contributed by atoms with Crippen LogP contribution in [0.5, 0.6) is 5.75 Å². The van der Waals surface area contributed by atoms with Crippen LogP contribution < -0.4 is 10.1 Å². The molecule has 0 saturated heterocycles. The number of ether oxygens (including phenoxy) is 2. The van der Waals surface area contributed by atoms with Crippen LogP contribution in [0.3, 0.4) is 0 Å². The van der Waals surface area contributed by atoms with Crippen molar-refractivity contribution in [3.8, 4) is 16.9 Å². The molecule has 0 fully saturated rings. The Balaban J connectivity index is 1.84. The van der Waals surface area contributed by atoms with Crippen molar-refractivity contribution in [3.63, 3.8) is 0 Å². The maximum absolute atomic E-state index is 12.6. The van der Waals surface area contributed by atoms with Crippen LogP contribution in [0, 0.1) is 17.0 Å². The number of rotatable bonds is 8. The molecule has 1 heterocycles. The number of non-ortho nitro benzene ring substituents is 1. The summed E-state index contributed by atoms with van der Waals surface area (Å²) in [7, 11) is 0. The lowest BCUT2D eigenvalue weighted by molar-refractivity contribution is -0.384. The second-order valence-electron chi connectivity index (χ2n) is 6.63. The Labute approximate surface area is 192 Å². The number of carbonyl (C=O) groups is 2. The summed E-state index contributed by atoms with van der Waals surface area (Å²) in [5.41, 5.74) is 1.70. The van der Waals surface area contributed by atoms with E-state index in [2.05, 4.69) is 5.32 Å². The zero-order valence-corrected chi connectivity index (χ0v) is 18.8. The van der Waals surface area contributed by atoms with Crippen molar-refractivity contribution in [3.05, 3.63) is 74.1 Å². The monoisotopic (exact) mass is 474 g/mol. The fraction of sp³-hybridized carbons (Fsp3) is 0.182. The number of hydrogen-bond acceptors (Lipinski definition) is 7. The van der Waals surface area contributed by atoms with E-state index in [1.54, 1.807) is 36.6 Å². The Morgan fingerprint density at radius 2 is 2.00 bits per heavy atom. The Morgan fingerprint density at radius 1 is 1.22 bits per heavy atom. The predicted octanol–water partition coefficient (Wildman–Crippen LogP) is 5.48. The van der Waals surface area contributed by atoms with Crippen molar-refractivity contribution in [2.45, 2.75) is 13.8 Å². The summed E-state index contributed by atoms with van der Waals surface area (Å²) < 4.78 is 10.7. The van der Waals surface area contributed by atoms with E-state index in [4.69, 9.17) is 21.1 Å². The highest BCUT2D eigenvalue weighted by Crippen LogP contribution is 2.37. The predicted molar refractivity (Wildman–Crippen MR) is 123 cm³/mol. The molecule has 10 heteroatoms. The second kappa shape index (κ2) is 10.3. The van der Waals surface area contributed by atoms with Crippen LogP contribution in [0.4, 0.5) is 10.7 Å². The maximum Gasteiger partial charge on any atom is 0.341 e.